The molecule has 0 unspecified atom stereocenters. The molecule has 0 atom stereocenters. The number of halogens is 2. The van der Waals surface area contributed by atoms with E-state index in [1.54, 1.807) is 6.07 Å². The van der Waals surface area contributed by atoms with Crippen LogP contribution in [0.5, 0.6) is 0 Å². The molecule has 2 aromatic carbocycles. The van der Waals surface area contributed by atoms with Crippen LogP contribution in [0.2, 0.25) is 0 Å². The molecular formula is C13H10BrFMg. The first-order valence-electron chi connectivity index (χ1n) is 4.44. The summed E-state index contributed by atoms with van der Waals surface area (Å²) in [5.74, 6) is -0.241. The average Bonchev–Trinajstić information content (AvgIpc) is 2.19. The molecule has 2 aromatic rings. The Morgan fingerprint density at radius 2 is 1.56 bits per heavy atom. The van der Waals surface area contributed by atoms with Crippen LogP contribution in [0, 0.1) is 12.7 Å². The standard InChI is InChI=1S/C13H10F.BrH.Mg/c1-10-9-12(14)7-8-13(10)11-5-3-2-4-6-11;;/h2-9H,1H2;1H;/q-1;;+2/p-1. The summed E-state index contributed by atoms with van der Waals surface area (Å²) < 4.78 is 12.8. The molecule has 0 bridgehead atoms. The minimum atomic E-state index is -0.241. The van der Waals surface area contributed by atoms with Gasteiger partial charge in [-0.3, -0.25) is 0 Å². The van der Waals surface area contributed by atoms with Crippen LogP contribution in [0.25, 0.3) is 11.1 Å². The molecule has 78 valence electrons. The Morgan fingerprint density at radius 1 is 0.938 bits per heavy atom. The van der Waals surface area contributed by atoms with Gasteiger partial charge in [0.1, 0.15) is 0 Å². The van der Waals surface area contributed by atoms with Gasteiger partial charge in [-0.15, -0.1) is 17.7 Å². The molecule has 0 fully saturated rings. The van der Waals surface area contributed by atoms with Crippen molar-refractivity contribution < 1.29 is 21.4 Å². The Bertz CT molecular complexity index is 443. The Kier molecular flexibility index (Phi) is 6.72. The second kappa shape index (κ2) is 6.94. The van der Waals surface area contributed by atoms with Crippen LogP contribution in [0.4, 0.5) is 4.39 Å². The van der Waals surface area contributed by atoms with Gasteiger partial charge in [0.15, 0.2) is 0 Å². The molecule has 2 rings (SSSR count). The van der Waals surface area contributed by atoms with Crippen LogP contribution in [-0.2, 0) is 0 Å². The van der Waals surface area contributed by atoms with E-state index in [0.29, 0.717) is 0 Å². The Morgan fingerprint density at radius 3 is 2.12 bits per heavy atom. The van der Waals surface area contributed by atoms with Crippen LogP contribution in [-0.4, -0.2) is 23.1 Å². The maximum absolute atomic E-state index is 12.8. The van der Waals surface area contributed by atoms with Crippen LogP contribution in [0.3, 0.4) is 0 Å². The summed E-state index contributed by atoms with van der Waals surface area (Å²) in [4.78, 5) is 0. The maximum Gasteiger partial charge on any atom is 2.00 e. The maximum atomic E-state index is 12.8. The Labute approximate surface area is 122 Å². The Balaban J connectivity index is 0.00000112. The predicted octanol–water partition coefficient (Wildman–Crippen LogP) is 0.298. The summed E-state index contributed by atoms with van der Waals surface area (Å²) in [7, 11) is 0. The van der Waals surface area contributed by atoms with E-state index in [0.717, 1.165) is 16.7 Å². The summed E-state index contributed by atoms with van der Waals surface area (Å²) in [6, 6.07) is 14.5. The van der Waals surface area contributed by atoms with E-state index < -0.39 is 0 Å². The average molecular weight is 289 g/mol. The van der Waals surface area contributed by atoms with E-state index in [-0.39, 0.29) is 45.9 Å². The SMILES string of the molecule is [Br-].[CH2-]c1cc(F)ccc1-c1ccccc1.[Mg+2]. The van der Waals surface area contributed by atoms with Gasteiger partial charge in [-0.25, -0.2) is 4.39 Å². The fourth-order valence-corrected chi connectivity index (χ4v) is 1.46. The predicted molar refractivity (Wildman–Crippen MR) is 62.0 cm³/mol. The molecule has 0 amide bonds. The molecule has 16 heavy (non-hydrogen) atoms. The van der Waals surface area contributed by atoms with Crippen molar-refractivity contribution in [1.82, 2.24) is 0 Å². The molecule has 0 aliphatic heterocycles. The first-order chi connectivity index (χ1) is 6.77. The van der Waals surface area contributed by atoms with Gasteiger partial charge in [-0.05, 0) is 0 Å². The van der Waals surface area contributed by atoms with Crippen molar-refractivity contribution in [1.29, 1.82) is 0 Å². The van der Waals surface area contributed by atoms with Gasteiger partial charge in [0.2, 0.25) is 0 Å². The van der Waals surface area contributed by atoms with E-state index in [1.807, 2.05) is 30.3 Å². The van der Waals surface area contributed by atoms with Gasteiger partial charge < -0.3 is 17.0 Å². The topological polar surface area (TPSA) is 0 Å². The van der Waals surface area contributed by atoms with Crippen molar-refractivity contribution in [2.24, 2.45) is 0 Å². The second-order valence-electron chi connectivity index (χ2n) is 3.17. The number of rotatable bonds is 1. The molecule has 0 aliphatic carbocycles. The fourth-order valence-electron chi connectivity index (χ4n) is 1.46. The van der Waals surface area contributed by atoms with Crippen molar-refractivity contribution >= 4 is 23.1 Å². The molecule has 0 aromatic heterocycles. The van der Waals surface area contributed by atoms with Crippen LogP contribution in [0.15, 0.2) is 48.5 Å². The van der Waals surface area contributed by atoms with Crippen LogP contribution >= 0.6 is 0 Å². The van der Waals surface area contributed by atoms with E-state index >= 15 is 0 Å². The summed E-state index contributed by atoms with van der Waals surface area (Å²) in [5, 5.41) is 0. The quantitative estimate of drug-likeness (QED) is 0.523. The zero-order valence-electron chi connectivity index (χ0n) is 8.79. The third-order valence-corrected chi connectivity index (χ3v) is 2.15. The summed E-state index contributed by atoms with van der Waals surface area (Å²) in [5.41, 5.74) is 2.76. The molecular weight excluding hydrogens is 279 g/mol. The molecule has 0 spiro atoms. The summed E-state index contributed by atoms with van der Waals surface area (Å²) >= 11 is 0. The third kappa shape index (κ3) is 3.51. The van der Waals surface area contributed by atoms with Gasteiger partial charge in [0.05, 0.1) is 5.82 Å². The minimum Gasteiger partial charge on any atom is -1.00 e. The van der Waals surface area contributed by atoms with Crippen LogP contribution in [0.1, 0.15) is 5.56 Å². The molecule has 0 heterocycles. The normalized spacial score (nSPS) is 8.81. The van der Waals surface area contributed by atoms with Crippen molar-refractivity contribution in [3.05, 3.63) is 66.8 Å². The van der Waals surface area contributed by atoms with Gasteiger partial charge >= 0.3 is 23.1 Å². The number of benzene rings is 2. The van der Waals surface area contributed by atoms with Crippen molar-refractivity contribution in [2.75, 3.05) is 0 Å². The molecule has 0 nitrogen and oxygen atoms in total. The largest absolute Gasteiger partial charge is 2.00 e. The van der Waals surface area contributed by atoms with Crippen molar-refractivity contribution in [3.63, 3.8) is 0 Å². The van der Waals surface area contributed by atoms with Crippen molar-refractivity contribution in [2.45, 2.75) is 0 Å². The van der Waals surface area contributed by atoms with Gasteiger partial charge in [-0.1, -0.05) is 42.0 Å². The molecule has 0 saturated carbocycles. The number of hydrogen-bond acceptors (Lipinski definition) is 0. The van der Waals surface area contributed by atoms with Gasteiger partial charge in [-0.2, -0.15) is 12.5 Å². The van der Waals surface area contributed by atoms with Gasteiger partial charge in [0.25, 0.3) is 0 Å². The smallest absolute Gasteiger partial charge is 1.00 e. The van der Waals surface area contributed by atoms with E-state index in [1.165, 1.54) is 12.1 Å². The molecule has 3 heteroatoms. The molecule has 0 aliphatic rings. The first-order valence-corrected chi connectivity index (χ1v) is 4.44. The fraction of sp³-hybridized carbons (Fsp3) is 0. The second-order valence-corrected chi connectivity index (χ2v) is 3.17. The minimum absolute atomic E-state index is 0. The monoisotopic (exact) mass is 288 g/mol. The zero-order valence-corrected chi connectivity index (χ0v) is 11.8. The van der Waals surface area contributed by atoms with Crippen molar-refractivity contribution in [3.8, 4) is 11.1 Å². The number of hydrogen-bond donors (Lipinski definition) is 0. The molecule has 0 radical (unpaired) electrons. The third-order valence-electron chi connectivity index (χ3n) is 2.15. The van der Waals surface area contributed by atoms with E-state index in [2.05, 4.69) is 6.92 Å². The Hall–Kier alpha value is -0.514. The van der Waals surface area contributed by atoms with E-state index in [9.17, 15) is 4.39 Å². The van der Waals surface area contributed by atoms with E-state index in [4.69, 9.17) is 0 Å². The molecule has 0 saturated heterocycles. The summed E-state index contributed by atoms with van der Waals surface area (Å²) in [6.45, 7) is 3.82. The molecule has 0 N–H and O–H groups in total. The van der Waals surface area contributed by atoms with Gasteiger partial charge in [0, 0.05) is 0 Å². The zero-order chi connectivity index (χ0) is 9.97. The first kappa shape index (κ1) is 15.5. The van der Waals surface area contributed by atoms with Crippen LogP contribution < -0.4 is 17.0 Å². The summed E-state index contributed by atoms with van der Waals surface area (Å²) in [6.07, 6.45) is 0.